The molecule has 0 radical (unpaired) electrons. The molecule has 0 aromatic carbocycles. The summed E-state index contributed by atoms with van der Waals surface area (Å²) in [6, 6.07) is 1.56. The van der Waals surface area contributed by atoms with Gasteiger partial charge >= 0.3 is 6.09 Å². The minimum absolute atomic E-state index is 0.229. The first-order valence-corrected chi connectivity index (χ1v) is 11.0. The third-order valence-electron chi connectivity index (χ3n) is 7.85. The maximum absolute atomic E-state index is 12.4. The molecule has 4 fully saturated rings. The largest absolute Gasteiger partial charge is 0.465 e. The Hall–Kier alpha value is -1.30. The van der Waals surface area contributed by atoms with Gasteiger partial charge in [-0.3, -0.25) is 9.69 Å². The highest BCUT2D eigenvalue weighted by atomic mass is 16.4. The lowest BCUT2D eigenvalue weighted by Gasteiger charge is -2.58. The molecule has 0 aromatic heterocycles. The van der Waals surface area contributed by atoms with Crippen molar-refractivity contribution in [1.82, 2.24) is 14.7 Å². The van der Waals surface area contributed by atoms with Crippen molar-refractivity contribution in [2.75, 3.05) is 26.2 Å². The van der Waals surface area contributed by atoms with Crippen LogP contribution >= 0.6 is 0 Å². The molecule has 27 heavy (non-hydrogen) atoms. The van der Waals surface area contributed by atoms with Crippen LogP contribution in [0.15, 0.2) is 0 Å². The Balaban J connectivity index is 1.34. The molecule has 3 unspecified atom stereocenters. The maximum Gasteiger partial charge on any atom is 0.407 e. The molecular weight excluding hydrogens is 342 g/mol. The number of piperidine rings is 1. The molecule has 6 heteroatoms. The molecule has 2 saturated carbocycles. The zero-order valence-corrected chi connectivity index (χ0v) is 16.9. The van der Waals surface area contributed by atoms with E-state index in [2.05, 4.69) is 16.7 Å². The Morgan fingerprint density at radius 2 is 1.74 bits per heavy atom. The smallest absolute Gasteiger partial charge is 0.407 e. The molecule has 2 saturated heterocycles. The van der Waals surface area contributed by atoms with Gasteiger partial charge in [0, 0.05) is 50.7 Å². The van der Waals surface area contributed by atoms with Gasteiger partial charge in [0.2, 0.25) is 5.91 Å². The van der Waals surface area contributed by atoms with Crippen LogP contribution in [0.1, 0.15) is 65.2 Å². The number of hydrogen-bond donors (Lipinski definition) is 1. The van der Waals surface area contributed by atoms with Crippen LogP contribution in [0.25, 0.3) is 0 Å². The second-order valence-electron chi connectivity index (χ2n) is 9.26. The lowest BCUT2D eigenvalue weighted by atomic mass is 9.54. The van der Waals surface area contributed by atoms with Crippen molar-refractivity contribution < 1.29 is 14.7 Å². The first-order valence-electron chi connectivity index (χ1n) is 11.0. The van der Waals surface area contributed by atoms with Gasteiger partial charge in [-0.1, -0.05) is 20.3 Å². The van der Waals surface area contributed by atoms with Crippen LogP contribution in [0.2, 0.25) is 0 Å². The highest BCUT2D eigenvalue weighted by Gasteiger charge is 2.58. The van der Waals surface area contributed by atoms with Gasteiger partial charge in [-0.05, 0) is 49.9 Å². The van der Waals surface area contributed by atoms with Gasteiger partial charge in [0.15, 0.2) is 0 Å². The summed E-state index contributed by atoms with van der Waals surface area (Å²) in [5.41, 5.74) is 0.229. The summed E-state index contributed by atoms with van der Waals surface area (Å²) in [6.07, 6.45) is 7.77. The number of rotatable bonds is 5. The number of amides is 2. The Morgan fingerprint density at radius 1 is 1.07 bits per heavy atom. The van der Waals surface area contributed by atoms with Crippen molar-refractivity contribution in [3.05, 3.63) is 0 Å². The summed E-state index contributed by atoms with van der Waals surface area (Å²) in [7, 11) is 0. The van der Waals surface area contributed by atoms with Crippen molar-refractivity contribution in [3.63, 3.8) is 0 Å². The molecule has 0 bridgehead atoms. The SMILES string of the molecule is CCC(=O)N(C1CC1)C1CCN(C2CC3(CCN(C(=O)O)C3)C2CC)CC1. The standard InChI is InChI=1S/C21H35N3O3/c1-3-17-18(13-21(17)9-12-23(14-21)20(26)27)22-10-7-16(8-11-22)24(15-5-6-15)19(25)4-2/h15-18H,3-14H2,1-2H3,(H,26,27). The van der Waals surface area contributed by atoms with Crippen LogP contribution in [0.4, 0.5) is 4.79 Å². The van der Waals surface area contributed by atoms with Crippen molar-refractivity contribution >= 4 is 12.0 Å². The van der Waals surface area contributed by atoms with E-state index in [0.29, 0.717) is 42.9 Å². The number of nitrogens with zero attached hydrogens (tertiary/aromatic N) is 3. The van der Waals surface area contributed by atoms with Gasteiger partial charge < -0.3 is 14.9 Å². The molecule has 4 aliphatic rings. The zero-order chi connectivity index (χ0) is 19.2. The predicted octanol–water partition coefficient (Wildman–Crippen LogP) is 3.02. The summed E-state index contributed by atoms with van der Waals surface area (Å²) in [5, 5.41) is 9.32. The molecule has 0 aromatic rings. The number of hydrogen-bond acceptors (Lipinski definition) is 3. The molecule has 2 heterocycles. The van der Waals surface area contributed by atoms with Gasteiger partial charge in [0.05, 0.1) is 0 Å². The van der Waals surface area contributed by atoms with Gasteiger partial charge in [0.25, 0.3) is 0 Å². The monoisotopic (exact) mass is 377 g/mol. The van der Waals surface area contributed by atoms with Gasteiger partial charge in [-0.15, -0.1) is 0 Å². The van der Waals surface area contributed by atoms with Crippen molar-refractivity contribution in [2.45, 2.75) is 83.3 Å². The minimum Gasteiger partial charge on any atom is -0.465 e. The highest BCUT2D eigenvalue weighted by molar-refractivity contribution is 5.77. The molecule has 3 atom stereocenters. The van der Waals surface area contributed by atoms with E-state index >= 15 is 0 Å². The molecule has 1 spiro atoms. The fourth-order valence-electron chi connectivity index (χ4n) is 6.31. The van der Waals surface area contributed by atoms with Gasteiger partial charge in [-0.2, -0.15) is 0 Å². The van der Waals surface area contributed by atoms with Crippen LogP contribution < -0.4 is 0 Å². The summed E-state index contributed by atoms with van der Waals surface area (Å²) >= 11 is 0. The maximum atomic E-state index is 12.4. The lowest BCUT2D eigenvalue weighted by Crippen LogP contribution is -2.62. The van der Waals surface area contributed by atoms with Crippen LogP contribution in [0, 0.1) is 11.3 Å². The summed E-state index contributed by atoms with van der Waals surface area (Å²) in [4.78, 5) is 30.2. The number of likely N-dealkylation sites (tertiary alicyclic amines) is 2. The van der Waals surface area contributed by atoms with Crippen LogP contribution in [0.3, 0.4) is 0 Å². The van der Waals surface area contributed by atoms with Gasteiger partial charge in [-0.25, -0.2) is 4.79 Å². The van der Waals surface area contributed by atoms with Gasteiger partial charge in [0.1, 0.15) is 0 Å². The van der Waals surface area contributed by atoms with Crippen LogP contribution in [0.5, 0.6) is 0 Å². The average Bonchev–Trinajstić information content (AvgIpc) is 3.37. The van der Waals surface area contributed by atoms with E-state index in [0.717, 1.165) is 51.7 Å². The first-order chi connectivity index (χ1) is 13.0. The molecule has 2 aliphatic carbocycles. The summed E-state index contributed by atoms with van der Waals surface area (Å²) in [6.45, 7) is 7.86. The average molecular weight is 378 g/mol. The van der Waals surface area contributed by atoms with E-state index in [1.54, 1.807) is 4.90 Å². The molecule has 2 amide bonds. The van der Waals surface area contributed by atoms with Crippen LogP contribution in [-0.2, 0) is 4.79 Å². The third-order valence-corrected chi connectivity index (χ3v) is 7.85. The second kappa shape index (κ2) is 7.26. The van der Waals surface area contributed by atoms with E-state index in [1.807, 2.05) is 6.92 Å². The zero-order valence-electron chi connectivity index (χ0n) is 16.9. The van der Waals surface area contributed by atoms with Crippen molar-refractivity contribution in [3.8, 4) is 0 Å². The highest BCUT2D eigenvalue weighted by Crippen LogP contribution is 2.56. The van der Waals surface area contributed by atoms with E-state index in [-0.39, 0.29) is 5.41 Å². The van der Waals surface area contributed by atoms with Crippen LogP contribution in [-0.4, -0.2) is 76.1 Å². The fourth-order valence-corrected chi connectivity index (χ4v) is 6.31. The Morgan fingerprint density at radius 3 is 2.26 bits per heavy atom. The molecular formula is C21H35N3O3. The van der Waals surface area contributed by atoms with E-state index in [9.17, 15) is 14.7 Å². The Labute approximate surface area is 162 Å². The topological polar surface area (TPSA) is 64.1 Å². The molecule has 6 nitrogen and oxygen atoms in total. The number of carbonyl (C=O) groups is 2. The predicted molar refractivity (Wildman–Crippen MR) is 104 cm³/mol. The third kappa shape index (κ3) is 3.34. The van der Waals surface area contributed by atoms with E-state index < -0.39 is 6.09 Å². The summed E-state index contributed by atoms with van der Waals surface area (Å²) < 4.78 is 0. The van der Waals surface area contributed by atoms with Crippen molar-refractivity contribution in [2.24, 2.45) is 11.3 Å². The molecule has 2 aliphatic heterocycles. The molecule has 152 valence electrons. The second-order valence-corrected chi connectivity index (χ2v) is 9.26. The Bertz CT molecular complexity index is 585. The lowest BCUT2D eigenvalue weighted by molar-refractivity contribution is -0.136. The number of carbonyl (C=O) groups excluding carboxylic acids is 1. The summed E-state index contributed by atoms with van der Waals surface area (Å²) in [5.74, 6) is 0.958. The van der Waals surface area contributed by atoms with E-state index in [4.69, 9.17) is 0 Å². The minimum atomic E-state index is -0.758. The first kappa shape index (κ1) is 19.0. The fraction of sp³-hybridized carbons (Fsp3) is 0.905. The molecule has 1 N–H and O–H groups in total. The normalized spacial score (nSPS) is 34.7. The number of carboxylic acid groups (broad SMARTS) is 1. The Kier molecular flexibility index (Phi) is 5.12. The quantitative estimate of drug-likeness (QED) is 0.800. The van der Waals surface area contributed by atoms with Crippen molar-refractivity contribution in [1.29, 1.82) is 0 Å². The molecule has 4 rings (SSSR count). The van der Waals surface area contributed by atoms with E-state index in [1.165, 1.54) is 12.8 Å².